The highest BCUT2D eigenvalue weighted by Crippen LogP contribution is 2.33. The Kier molecular flexibility index (Phi) is 9.82. The van der Waals surface area contributed by atoms with E-state index in [4.69, 9.17) is 11.6 Å². The van der Waals surface area contributed by atoms with Gasteiger partial charge in [-0.15, -0.1) is 0 Å². The molecule has 0 atom stereocenters. The van der Waals surface area contributed by atoms with Crippen molar-refractivity contribution in [2.45, 2.75) is 45.7 Å². The molecule has 5 rings (SSSR count). The molecule has 4 N–H and O–H groups in total. The fourth-order valence-corrected chi connectivity index (χ4v) is 6.00. The molecule has 1 aromatic carbocycles. The fourth-order valence-electron chi connectivity index (χ4n) is 5.74. The summed E-state index contributed by atoms with van der Waals surface area (Å²) < 4.78 is 40.7. The number of rotatable bonds is 8. The van der Waals surface area contributed by atoms with E-state index < -0.39 is 17.8 Å². The van der Waals surface area contributed by atoms with Crippen LogP contribution in [0.15, 0.2) is 24.4 Å². The Morgan fingerprint density at radius 1 is 1.09 bits per heavy atom. The molecule has 0 unspecified atom stereocenters. The highest BCUT2D eigenvalue weighted by atomic mass is 35.5. The van der Waals surface area contributed by atoms with Crippen molar-refractivity contribution in [2.75, 3.05) is 44.6 Å². The molecular formula is C30H36ClF3N8O3. The van der Waals surface area contributed by atoms with Crippen molar-refractivity contribution in [1.82, 2.24) is 35.3 Å². The van der Waals surface area contributed by atoms with Gasteiger partial charge in [0.05, 0.1) is 10.6 Å². The Bertz CT molecular complexity index is 1540. The molecule has 45 heavy (non-hydrogen) atoms. The Hall–Kier alpha value is -3.91. The largest absolute Gasteiger partial charge is 0.435 e. The maximum absolute atomic E-state index is 13.6. The zero-order chi connectivity index (χ0) is 32.3. The summed E-state index contributed by atoms with van der Waals surface area (Å²) in [6.07, 6.45) is -1.43. The molecule has 2 aromatic heterocycles. The number of imidazole rings is 1. The number of anilines is 1. The molecule has 2 aliphatic heterocycles. The van der Waals surface area contributed by atoms with Crippen LogP contribution in [0.2, 0.25) is 5.02 Å². The number of nitrogens with zero attached hydrogens (tertiary/aromatic N) is 4. The molecule has 2 saturated heterocycles. The molecule has 2 fully saturated rings. The van der Waals surface area contributed by atoms with Gasteiger partial charge in [-0.1, -0.05) is 25.4 Å². The van der Waals surface area contributed by atoms with Gasteiger partial charge in [0, 0.05) is 67.4 Å². The number of hydrogen-bond acceptors (Lipinski definition) is 6. The van der Waals surface area contributed by atoms with E-state index in [2.05, 4.69) is 30.8 Å². The summed E-state index contributed by atoms with van der Waals surface area (Å²) in [6.45, 7) is 7.18. The molecule has 11 nitrogen and oxygen atoms in total. The fraction of sp³-hybridized carbons (Fsp3) is 0.500. The number of amides is 3. The maximum Gasteiger partial charge on any atom is 0.435 e. The molecule has 15 heteroatoms. The van der Waals surface area contributed by atoms with Crippen molar-refractivity contribution in [3.8, 4) is 0 Å². The summed E-state index contributed by atoms with van der Waals surface area (Å²) in [5, 5.41) is 12.1. The highest BCUT2D eigenvalue weighted by Gasteiger charge is 2.38. The van der Waals surface area contributed by atoms with Crippen molar-refractivity contribution < 1.29 is 27.6 Å². The summed E-state index contributed by atoms with van der Waals surface area (Å²) in [5.74, 6) is -0.713. The molecule has 3 aromatic rings. The van der Waals surface area contributed by atoms with Crippen molar-refractivity contribution in [3.63, 3.8) is 0 Å². The van der Waals surface area contributed by atoms with Crippen molar-refractivity contribution in [1.29, 1.82) is 0 Å². The molecule has 2 aliphatic rings. The zero-order valence-electron chi connectivity index (χ0n) is 25.1. The normalized spacial score (nSPS) is 16.3. The maximum atomic E-state index is 13.6. The smallest absolute Gasteiger partial charge is 0.339 e. The minimum Gasteiger partial charge on any atom is -0.339 e. The van der Waals surface area contributed by atoms with Gasteiger partial charge in [0.1, 0.15) is 0 Å². The summed E-state index contributed by atoms with van der Waals surface area (Å²) in [6, 6.07) is 4.51. The van der Waals surface area contributed by atoms with E-state index in [-0.39, 0.29) is 52.0 Å². The van der Waals surface area contributed by atoms with Crippen molar-refractivity contribution >= 4 is 35.0 Å². The van der Waals surface area contributed by atoms with Crippen LogP contribution in [0.5, 0.6) is 0 Å². The number of aromatic nitrogens is 4. The number of H-pyrrole nitrogens is 2. The number of carbonyl (C=O) groups is 3. The minimum absolute atomic E-state index is 0.00799. The van der Waals surface area contributed by atoms with Crippen LogP contribution in [0.1, 0.15) is 70.3 Å². The van der Waals surface area contributed by atoms with Crippen LogP contribution >= 0.6 is 11.6 Å². The molecule has 3 amide bonds. The number of nitrogens with one attached hydrogen (secondary N) is 4. The second kappa shape index (κ2) is 13.6. The molecular weight excluding hydrogens is 613 g/mol. The monoisotopic (exact) mass is 648 g/mol. The van der Waals surface area contributed by atoms with Crippen molar-refractivity contribution in [3.05, 3.63) is 63.5 Å². The van der Waals surface area contributed by atoms with Crippen LogP contribution in [-0.4, -0.2) is 87.0 Å². The number of benzene rings is 1. The van der Waals surface area contributed by atoms with Crippen LogP contribution in [0.3, 0.4) is 0 Å². The first-order valence-electron chi connectivity index (χ1n) is 15.0. The standard InChI is InChI=1S/C30H36ClF3N8O3/c1-17(2)13-24-22(25(40-39-24)30(32,33)34)14-20-16-36-26(37-20)27(43)38-19-3-4-21(23(31)15-19)29(45)42-11-9-41(10-12-42)28(44)18-5-7-35-8-6-18/h3-4,15-18,35H,5-14H2,1-2H3,(H,36,37)(H,38,43)(H,39,40). The number of carbonyl (C=O) groups excluding carboxylic acids is 3. The number of piperidine rings is 1. The van der Waals surface area contributed by atoms with E-state index in [1.165, 1.54) is 24.4 Å². The summed E-state index contributed by atoms with van der Waals surface area (Å²) in [4.78, 5) is 49.3. The van der Waals surface area contributed by atoms with E-state index in [9.17, 15) is 27.6 Å². The third-order valence-electron chi connectivity index (χ3n) is 8.07. The summed E-state index contributed by atoms with van der Waals surface area (Å²) in [7, 11) is 0. The third-order valence-corrected chi connectivity index (χ3v) is 8.38. The molecule has 0 radical (unpaired) electrons. The van der Waals surface area contributed by atoms with Gasteiger partial charge >= 0.3 is 6.18 Å². The van der Waals surface area contributed by atoms with Gasteiger partial charge in [-0.3, -0.25) is 19.5 Å². The van der Waals surface area contributed by atoms with E-state index in [0.29, 0.717) is 49.7 Å². The van der Waals surface area contributed by atoms with Gasteiger partial charge < -0.3 is 25.4 Å². The number of piperazine rings is 1. The van der Waals surface area contributed by atoms with Crippen LogP contribution < -0.4 is 10.6 Å². The molecule has 4 heterocycles. The van der Waals surface area contributed by atoms with Gasteiger partial charge in [0.15, 0.2) is 11.5 Å². The van der Waals surface area contributed by atoms with Crippen LogP contribution in [0.4, 0.5) is 18.9 Å². The number of alkyl halides is 3. The predicted molar refractivity (Wildman–Crippen MR) is 161 cm³/mol. The lowest BCUT2D eigenvalue weighted by molar-refractivity contribution is -0.141. The minimum atomic E-state index is -4.63. The lowest BCUT2D eigenvalue weighted by atomic mass is 9.96. The number of aromatic amines is 2. The predicted octanol–water partition coefficient (Wildman–Crippen LogP) is 4.13. The first kappa shape index (κ1) is 32.5. The Morgan fingerprint density at radius 3 is 2.42 bits per heavy atom. The molecule has 0 bridgehead atoms. The first-order chi connectivity index (χ1) is 21.4. The topological polar surface area (TPSA) is 139 Å². The number of halogens is 4. The Morgan fingerprint density at radius 2 is 1.78 bits per heavy atom. The second-order valence-electron chi connectivity index (χ2n) is 11.8. The van der Waals surface area contributed by atoms with Crippen LogP contribution in [-0.2, 0) is 23.8 Å². The first-order valence-corrected chi connectivity index (χ1v) is 15.4. The van der Waals surface area contributed by atoms with E-state index in [0.717, 1.165) is 25.9 Å². The van der Waals surface area contributed by atoms with Gasteiger partial charge in [-0.05, 0) is 56.5 Å². The lowest BCUT2D eigenvalue weighted by Crippen LogP contribution is -2.52. The Labute approximate surface area is 263 Å². The quantitative estimate of drug-likeness (QED) is 0.290. The van der Waals surface area contributed by atoms with Crippen LogP contribution in [0, 0.1) is 11.8 Å². The van der Waals surface area contributed by atoms with Gasteiger partial charge in [-0.25, -0.2) is 4.98 Å². The third kappa shape index (κ3) is 7.67. The van der Waals surface area contributed by atoms with Crippen LogP contribution in [0.25, 0.3) is 0 Å². The van der Waals surface area contributed by atoms with E-state index in [1.54, 1.807) is 4.90 Å². The van der Waals surface area contributed by atoms with E-state index in [1.807, 2.05) is 18.7 Å². The number of hydrogen-bond donors (Lipinski definition) is 4. The van der Waals surface area contributed by atoms with Crippen molar-refractivity contribution in [2.24, 2.45) is 11.8 Å². The molecule has 242 valence electrons. The molecule has 0 aliphatic carbocycles. The second-order valence-corrected chi connectivity index (χ2v) is 12.3. The van der Waals surface area contributed by atoms with Gasteiger partial charge in [0.25, 0.3) is 11.8 Å². The average Bonchev–Trinajstić information content (AvgIpc) is 3.64. The molecule has 0 spiro atoms. The average molecular weight is 649 g/mol. The van der Waals surface area contributed by atoms with Gasteiger partial charge in [-0.2, -0.15) is 18.3 Å². The summed E-state index contributed by atoms with van der Waals surface area (Å²) in [5.41, 5.74) is 0.295. The lowest BCUT2D eigenvalue weighted by Gasteiger charge is -2.37. The van der Waals surface area contributed by atoms with Gasteiger partial charge in [0.2, 0.25) is 5.91 Å². The Balaban J connectivity index is 1.19. The zero-order valence-corrected chi connectivity index (χ0v) is 25.8. The molecule has 0 saturated carbocycles. The van der Waals surface area contributed by atoms with E-state index >= 15 is 0 Å². The summed E-state index contributed by atoms with van der Waals surface area (Å²) >= 11 is 6.45. The SMILES string of the molecule is CC(C)Cc1[nH]nc(C(F)(F)F)c1Cc1cnc(C(=O)Nc2ccc(C(=O)N3CCN(C(=O)C4CCNCC4)CC3)c(Cl)c2)[nH]1. The highest BCUT2D eigenvalue weighted by molar-refractivity contribution is 6.34.